The number of unbranched alkanes of at least 4 members (excludes halogenated alkanes) is 1. The number of aryl methyl sites for hydroxylation is 1. The molecule has 1 aromatic heterocycles. The van der Waals surface area contributed by atoms with Crippen molar-refractivity contribution in [2.24, 2.45) is 0 Å². The molecule has 1 rings (SSSR count). The number of methoxy groups -OCH3 is 1. The van der Waals surface area contributed by atoms with E-state index in [0.717, 1.165) is 13.5 Å². The highest BCUT2D eigenvalue weighted by Crippen LogP contribution is 2.29. The second-order valence-electron chi connectivity index (χ2n) is 4.93. The molecule has 1 atom stereocenters. The molecule has 0 aromatic carbocycles. The first-order chi connectivity index (χ1) is 10.8. The Balaban J connectivity index is 3.33. The first-order valence-electron chi connectivity index (χ1n) is 7.05. The normalized spacial score (nSPS) is 11.6. The molecule has 0 amide bonds. The van der Waals surface area contributed by atoms with Gasteiger partial charge in [-0.05, 0) is 19.4 Å². The van der Waals surface area contributed by atoms with E-state index in [-0.39, 0.29) is 17.8 Å². The standard InChI is InChI=1S/C14H19N3O6/c1-4-5-6-10(13(18)19)16-12-11(17(21)22)9(14(20)23-3)7-8(2)15-12/h7,10H,4-6H2,1-3H3,(H,15,16)(H,18,19)/t10-/m0/s1. The molecule has 1 aromatic rings. The highest BCUT2D eigenvalue weighted by molar-refractivity contribution is 5.96. The zero-order valence-corrected chi connectivity index (χ0v) is 13.2. The lowest BCUT2D eigenvalue weighted by Crippen LogP contribution is -2.30. The monoisotopic (exact) mass is 325 g/mol. The molecule has 126 valence electrons. The van der Waals surface area contributed by atoms with Crippen LogP contribution in [-0.2, 0) is 9.53 Å². The number of rotatable bonds is 8. The van der Waals surface area contributed by atoms with Crippen LogP contribution in [0.15, 0.2) is 6.07 Å². The minimum atomic E-state index is -1.14. The number of anilines is 1. The fourth-order valence-corrected chi connectivity index (χ4v) is 2.05. The summed E-state index contributed by atoms with van der Waals surface area (Å²) in [5, 5.41) is 23.1. The molecular weight excluding hydrogens is 306 g/mol. The second kappa shape index (κ2) is 8.06. The Morgan fingerprint density at radius 2 is 2.17 bits per heavy atom. The largest absolute Gasteiger partial charge is 0.480 e. The van der Waals surface area contributed by atoms with Crippen LogP contribution in [0.3, 0.4) is 0 Å². The van der Waals surface area contributed by atoms with Crippen molar-refractivity contribution in [3.8, 4) is 0 Å². The molecular formula is C14H19N3O6. The number of nitrogens with zero attached hydrogens (tertiary/aromatic N) is 2. The van der Waals surface area contributed by atoms with E-state index in [1.165, 1.54) is 6.07 Å². The van der Waals surface area contributed by atoms with Gasteiger partial charge < -0.3 is 15.2 Å². The highest BCUT2D eigenvalue weighted by atomic mass is 16.6. The minimum Gasteiger partial charge on any atom is -0.480 e. The molecule has 0 fully saturated rings. The summed E-state index contributed by atoms with van der Waals surface area (Å²) < 4.78 is 4.54. The van der Waals surface area contributed by atoms with Gasteiger partial charge in [-0.1, -0.05) is 19.8 Å². The summed E-state index contributed by atoms with van der Waals surface area (Å²) in [7, 11) is 1.11. The van der Waals surface area contributed by atoms with E-state index < -0.39 is 28.6 Å². The van der Waals surface area contributed by atoms with E-state index in [0.29, 0.717) is 12.1 Å². The smallest absolute Gasteiger partial charge is 0.345 e. The Hall–Kier alpha value is -2.71. The van der Waals surface area contributed by atoms with Crippen LogP contribution < -0.4 is 5.32 Å². The molecule has 9 nitrogen and oxygen atoms in total. The second-order valence-corrected chi connectivity index (χ2v) is 4.93. The van der Waals surface area contributed by atoms with Gasteiger partial charge >= 0.3 is 17.6 Å². The van der Waals surface area contributed by atoms with Gasteiger partial charge in [-0.15, -0.1) is 0 Å². The lowest BCUT2D eigenvalue weighted by molar-refractivity contribution is -0.384. The van der Waals surface area contributed by atoms with E-state index in [9.17, 15) is 24.8 Å². The summed E-state index contributed by atoms with van der Waals surface area (Å²) in [6.45, 7) is 3.45. The van der Waals surface area contributed by atoms with Gasteiger partial charge in [0.2, 0.25) is 5.82 Å². The number of carboxylic acid groups (broad SMARTS) is 1. The number of carboxylic acids is 1. The fraction of sp³-hybridized carbons (Fsp3) is 0.500. The maximum atomic E-state index is 11.7. The van der Waals surface area contributed by atoms with Crippen LogP contribution in [0, 0.1) is 17.0 Å². The topological polar surface area (TPSA) is 132 Å². The van der Waals surface area contributed by atoms with Crippen molar-refractivity contribution in [1.29, 1.82) is 0 Å². The van der Waals surface area contributed by atoms with Gasteiger partial charge in [0, 0.05) is 5.69 Å². The summed E-state index contributed by atoms with van der Waals surface area (Å²) in [6.07, 6.45) is 1.70. The van der Waals surface area contributed by atoms with Gasteiger partial charge in [0.05, 0.1) is 12.0 Å². The summed E-state index contributed by atoms with van der Waals surface area (Å²) in [6, 6.07) is 0.199. The zero-order valence-electron chi connectivity index (χ0n) is 13.2. The molecule has 0 saturated carbocycles. The van der Waals surface area contributed by atoms with Crippen molar-refractivity contribution in [1.82, 2.24) is 4.98 Å². The number of carbonyl (C=O) groups excluding carboxylic acids is 1. The predicted molar refractivity (Wildman–Crippen MR) is 81.5 cm³/mol. The first kappa shape index (κ1) is 18.3. The molecule has 0 radical (unpaired) electrons. The van der Waals surface area contributed by atoms with Crippen LogP contribution in [0.5, 0.6) is 0 Å². The number of ether oxygens (including phenoxy) is 1. The average Bonchev–Trinajstić information content (AvgIpc) is 2.49. The van der Waals surface area contributed by atoms with Crippen LogP contribution in [-0.4, -0.2) is 40.1 Å². The number of aliphatic carboxylic acids is 1. The molecule has 0 aliphatic rings. The van der Waals surface area contributed by atoms with Crippen LogP contribution >= 0.6 is 0 Å². The number of aromatic nitrogens is 1. The summed E-state index contributed by atoms with van der Waals surface area (Å²) in [5.74, 6) is -2.28. The van der Waals surface area contributed by atoms with Crippen molar-refractivity contribution < 1.29 is 24.4 Å². The molecule has 0 bridgehead atoms. The maximum Gasteiger partial charge on any atom is 0.345 e. The fourth-order valence-electron chi connectivity index (χ4n) is 2.05. The van der Waals surface area contributed by atoms with Gasteiger partial charge in [-0.3, -0.25) is 10.1 Å². The van der Waals surface area contributed by atoms with Gasteiger partial charge in [0.15, 0.2) is 0 Å². The predicted octanol–water partition coefficient (Wildman–Crippen LogP) is 2.14. The van der Waals surface area contributed by atoms with Crippen molar-refractivity contribution in [3.05, 3.63) is 27.4 Å². The Morgan fingerprint density at radius 1 is 1.52 bits per heavy atom. The van der Waals surface area contributed by atoms with E-state index in [4.69, 9.17) is 0 Å². The first-order valence-corrected chi connectivity index (χ1v) is 7.05. The summed E-state index contributed by atoms with van der Waals surface area (Å²) in [5.41, 5.74) is -0.532. The third-order valence-electron chi connectivity index (χ3n) is 3.16. The summed E-state index contributed by atoms with van der Waals surface area (Å²) >= 11 is 0. The van der Waals surface area contributed by atoms with Gasteiger partial charge in [0.1, 0.15) is 11.6 Å². The van der Waals surface area contributed by atoms with Gasteiger partial charge in [-0.25, -0.2) is 14.6 Å². The Bertz CT molecular complexity index is 617. The number of pyridine rings is 1. The van der Waals surface area contributed by atoms with Gasteiger partial charge in [0.25, 0.3) is 0 Å². The zero-order chi connectivity index (χ0) is 17.6. The molecule has 0 aliphatic heterocycles. The Kier molecular flexibility index (Phi) is 6.43. The van der Waals surface area contributed by atoms with E-state index in [1.807, 2.05) is 6.92 Å². The van der Waals surface area contributed by atoms with Crippen molar-refractivity contribution in [3.63, 3.8) is 0 Å². The maximum absolute atomic E-state index is 11.7. The number of nitro groups is 1. The van der Waals surface area contributed by atoms with Crippen molar-refractivity contribution in [2.45, 2.75) is 39.2 Å². The number of nitrogens with one attached hydrogen (secondary N) is 1. The minimum absolute atomic E-state index is 0.251. The average molecular weight is 325 g/mol. The molecule has 0 spiro atoms. The quantitative estimate of drug-likeness (QED) is 0.422. The van der Waals surface area contributed by atoms with Crippen molar-refractivity contribution in [2.75, 3.05) is 12.4 Å². The van der Waals surface area contributed by atoms with Gasteiger partial charge in [-0.2, -0.15) is 0 Å². The van der Waals surface area contributed by atoms with Crippen LogP contribution in [0.25, 0.3) is 0 Å². The highest BCUT2D eigenvalue weighted by Gasteiger charge is 2.30. The third kappa shape index (κ3) is 4.63. The molecule has 0 aliphatic carbocycles. The number of carbonyl (C=O) groups is 2. The molecule has 0 unspecified atom stereocenters. The molecule has 1 heterocycles. The molecule has 2 N–H and O–H groups in total. The molecule has 23 heavy (non-hydrogen) atoms. The Labute approximate surface area is 132 Å². The Morgan fingerprint density at radius 3 is 2.65 bits per heavy atom. The number of esters is 1. The molecule has 0 saturated heterocycles. The van der Waals surface area contributed by atoms with E-state index in [2.05, 4.69) is 15.0 Å². The van der Waals surface area contributed by atoms with Crippen LogP contribution in [0.2, 0.25) is 0 Å². The number of hydrogen-bond donors (Lipinski definition) is 2. The van der Waals surface area contributed by atoms with Crippen LogP contribution in [0.1, 0.15) is 42.2 Å². The molecule has 9 heteroatoms. The summed E-state index contributed by atoms with van der Waals surface area (Å²) in [4.78, 5) is 37.5. The number of hydrogen-bond acceptors (Lipinski definition) is 7. The van der Waals surface area contributed by atoms with E-state index in [1.54, 1.807) is 6.92 Å². The van der Waals surface area contributed by atoms with Crippen LogP contribution in [0.4, 0.5) is 11.5 Å². The van der Waals surface area contributed by atoms with Crippen molar-refractivity contribution >= 4 is 23.4 Å². The van der Waals surface area contributed by atoms with E-state index >= 15 is 0 Å². The lowest BCUT2D eigenvalue weighted by Gasteiger charge is -2.16. The lowest BCUT2D eigenvalue weighted by atomic mass is 10.1. The third-order valence-corrected chi connectivity index (χ3v) is 3.16. The SMILES string of the molecule is CCCC[C@H](Nc1nc(C)cc(C(=O)OC)c1[N+](=O)[O-])C(=O)O.